The first-order chi connectivity index (χ1) is 10.0. The minimum Gasteiger partial charge on any atom is -0.356 e. The van der Waals surface area contributed by atoms with E-state index in [0.29, 0.717) is 13.1 Å². The molecule has 0 aromatic heterocycles. The van der Waals surface area contributed by atoms with Crippen LogP contribution in [0.2, 0.25) is 0 Å². The minimum absolute atomic E-state index is 0.449. The van der Waals surface area contributed by atoms with Crippen molar-refractivity contribution in [1.82, 2.24) is 15.4 Å². The lowest BCUT2D eigenvalue weighted by molar-refractivity contribution is 0.481. The lowest BCUT2D eigenvalue weighted by Gasteiger charge is -2.13. The Kier molecular flexibility index (Phi) is 8.68. The molecule has 0 atom stereocenters. The molecule has 0 heterocycles. The zero-order valence-electron chi connectivity index (χ0n) is 13.3. The summed E-state index contributed by atoms with van der Waals surface area (Å²) in [5, 5.41) is 6.49. The van der Waals surface area contributed by atoms with Crippen molar-refractivity contribution in [3.63, 3.8) is 0 Å². The van der Waals surface area contributed by atoms with Gasteiger partial charge in [0.05, 0.1) is 6.26 Å². The normalized spacial score (nSPS) is 17.1. The van der Waals surface area contributed by atoms with Gasteiger partial charge >= 0.3 is 0 Å². The van der Waals surface area contributed by atoms with E-state index in [4.69, 9.17) is 0 Å². The summed E-state index contributed by atoms with van der Waals surface area (Å²) in [6, 6.07) is 0. The highest BCUT2D eigenvalue weighted by Crippen LogP contribution is 2.28. The maximum absolute atomic E-state index is 10.9. The van der Waals surface area contributed by atoms with Crippen molar-refractivity contribution in [1.29, 1.82) is 0 Å². The van der Waals surface area contributed by atoms with Crippen LogP contribution in [-0.2, 0) is 10.0 Å². The summed E-state index contributed by atoms with van der Waals surface area (Å²) in [5.41, 5.74) is 0. The molecule has 0 radical (unpaired) electrons. The third-order valence-corrected chi connectivity index (χ3v) is 4.52. The number of hydrogen-bond acceptors (Lipinski definition) is 3. The van der Waals surface area contributed by atoms with E-state index in [1.165, 1.54) is 44.8 Å². The van der Waals surface area contributed by atoms with Gasteiger partial charge in [-0.05, 0) is 25.2 Å². The summed E-state index contributed by atoms with van der Waals surface area (Å²) in [6.45, 7) is 2.09. The van der Waals surface area contributed by atoms with Gasteiger partial charge in [-0.15, -0.1) is 0 Å². The van der Waals surface area contributed by atoms with Crippen LogP contribution >= 0.6 is 0 Å². The Morgan fingerprint density at radius 3 is 2.29 bits per heavy atom. The largest absolute Gasteiger partial charge is 0.356 e. The number of hydrogen-bond donors (Lipinski definition) is 3. The number of nitrogens with one attached hydrogen (secondary N) is 3. The second-order valence-corrected chi connectivity index (χ2v) is 7.57. The van der Waals surface area contributed by atoms with Gasteiger partial charge in [0.25, 0.3) is 0 Å². The number of rotatable bonds is 9. The molecule has 1 fully saturated rings. The number of sulfonamides is 1. The molecule has 124 valence electrons. The van der Waals surface area contributed by atoms with Crippen LogP contribution in [0.4, 0.5) is 0 Å². The average molecular weight is 318 g/mol. The molecule has 7 heteroatoms. The van der Waals surface area contributed by atoms with E-state index in [1.54, 1.807) is 7.05 Å². The summed E-state index contributed by atoms with van der Waals surface area (Å²) in [4.78, 5) is 4.16. The Labute approximate surface area is 129 Å². The van der Waals surface area contributed by atoms with E-state index in [9.17, 15) is 8.42 Å². The van der Waals surface area contributed by atoms with Crippen LogP contribution in [0, 0.1) is 5.92 Å². The molecular weight excluding hydrogens is 288 g/mol. The van der Waals surface area contributed by atoms with Crippen molar-refractivity contribution in [2.75, 3.05) is 32.9 Å². The van der Waals surface area contributed by atoms with Crippen molar-refractivity contribution in [3.8, 4) is 0 Å². The fourth-order valence-electron chi connectivity index (χ4n) is 2.67. The SMILES string of the molecule is CN=C(NCCCNS(C)(=O)=O)NCCCC1CCCC1. The second-order valence-electron chi connectivity index (χ2n) is 5.74. The van der Waals surface area contributed by atoms with Crippen molar-refractivity contribution < 1.29 is 8.42 Å². The van der Waals surface area contributed by atoms with E-state index in [-0.39, 0.29) is 0 Å². The minimum atomic E-state index is -3.08. The Morgan fingerprint density at radius 2 is 1.71 bits per heavy atom. The van der Waals surface area contributed by atoms with Gasteiger partial charge in [0.15, 0.2) is 5.96 Å². The topological polar surface area (TPSA) is 82.6 Å². The Morgan fingerprint density at radius 1 is 1.10 bits per heavy atom. The first-order valence-corrected chi connectivity index (χ1v) is 9.79. The fourth-order valence-corrected chi connectivity index (χ4v) is 3.19. The van der Waals surface area contributed by atoms with Gasteiger partial charge in [0, 0.05) is 26.7 Å². The van der Waals surface area contributed by atoms with Crippen LogP contribution < -0.4 is 15.4 Å². The van der Waals surface area contributed by atoms with E-state index >= 15 is 0 Å². The molecule has 21 heavy (non-hydrogen) atoms. The highest BCUT2D eigenvalue weighted by molar-refractivity contribution is 7.88. The molecule has 6 nitrogen and oxygen atoms in total. The predicted molar refractivity (Wildman–Crippen MR) is 88.0 cm³/mol. The molecule has 0 amide bonds. The Balaban J connectivity index is 2.01. The molecule has 0 aliphatic heterocycles. The molecule has 1 aliphatic carbocycles. The highest BCUT2D eigenvalue weighted by Gasteiger charge is 2.13. The van der Waals surface area contributed by atoms with Crippen molar-refractivity contribution >= 4 is 16.0 Å². The van der Waals surface area contributed by atoms with Crippen molar-refractivity contribution in [2.24, 2.45) is 10.9 Å². The maximum atomic E-state index is 10.9. The van der Waals surface area contributed by atoms with Crippen LogP contribution in [0.3, 0.4) is 0 Å². The van der Waals surface area contributed by atoms with Crippen LogP contribution in [0.1, 0.15) is 44.9 Å². The summed E-state index contributed by atoms with van der Waals surface area (Å²) in [5.74, 6) is 1.73. The summed E-state index contributed by atoms with van der Waals surface area (Å²) < 4.78 is 24.3. The van der Waals surface area contributed by atoms with Gasteiger partial charge in [-0.2, -0.15) is 0 Å². The lowest BCUT2D eigenvalue weighted by Crippen LogP contribution is -2.39. The number of aliphatic imine (C=N–C) groups is 1. The van der Waals surface area contributed by atoms with E-state index in [1.807, 2.05) is 0 Å². The third kappa shape index (κ3) is 9.68. The summed E-state index contributed by atoms with van der Waals surface area (Å²) in [7, 11) is -1.33. The fraction of sp³-hybridized carbons (Fsp3) is 0.929. The van der Waals surface area contributed by atoms with Gasteiger partial charge in [-0.3, -0.25) is 4.99 Å². The monoisotopic (exact) mass is 318 g/mol. The molecule has 0 aromatic rings. The van der Waals surface area contributed by atoms with Crippen molar-refractivity contribution in [2.45, 2.75) is 44.9 Å². The molecule has 0 unspecified atom stereocenters. The standard InChI is InChI=1S/C14H30N4O2S/c1-15-14(17-11-6-12-18-21(2,19)20)16-10-5-9-13-7-3-4-8-13/h13,18H,3-12H2,1-2H3,(H2,15,16,17). The van der Waals surface area contributed by atoms with Gasteiger partial charge < -0.3 is 10.6 Å². The van der Waals surface area contributed by atoms with Gasteiger partial charge in [-0.25, -0.2) is 13.1 Å². The molecule has 0 spiro atoms. The predicted octanol–water partition coefficient (Wildman–Crippen LogP) is 1.06. The zero-order valence-corrected chi connectivity index (χ0v) is 14.1. The van der Waals surface area contributed by atoms with Crippen LogP contribution in [-0.4, -0.2) is 47.3 Å². The van der Waals surface area contributed by atoms with Crippen molar-refractivity contribution in [3.05, 3.63) is 0 Å². The van der Waals surface area contributed by atoms with Crippen LogP contribution in [0.15, 0.2) is 4.99 Å². The Hall–Kier alpha value is -0.820. The molecule has 3 N–H and O–H groups in total. The quantitative estimate of drug-likeness (QED) is 0.337. The van der Waals surface area contributed by atoms with Crippen LogP contribution in [0.5, 0.6) is 0 Å². The van der Waals surface area contributed by atoms with Gasteiger partial charge in [-0.1, -0.05) is 25.7 Å². The second kappa shape index (κ2) is 10.00. The molecule has 0 saturated heterocycles. The molecule has 0 bridgehead atoms. The summed E-state index contributed by atoms with van der Waals surface area (Å²) >= 11 is 0. The molecule has 1 rings (SSSR count). The molecular formula is C14H30N4O2S. The molecule has 0 aromatic carbocycles. The Bertz CT molecular complexity index is 403. The highest BCUT2D eigenvalue weighted by atomic mass is 32.2. The molecule has 1 saturated carbocycles. The first-order valence-electron chi connectivity index (χ1n) is 7.90. The average Bonchev–Trinajstić information content (AvgIpc) is 2.92. The maximum Gasteiger partial charge on any atom is 0.208 e. The smallest absolute Gasteiger partial charge is 0.208 e. The van der Waals surface area contributed by atoms with E-state index < -0.39 is 10.0 Å². The van der Waals surface area contributed by atoms with Gasteiger partial charge in [0.1, 0.15) is 0 Å². The van der Waals surface area contributed by atoms with Gasteiger partial charge in [0.2, 0.25) is 10.0 Å². The van der Waals surface area contributed by atoms with Crippen LogP contribution in [0.25, 0.3) is 0 Å². The molecule has 1 aliphatic rings. The van der Waals surface area contributed by atoms with E-state index in [0.717, 1.165) is 24.8 Å². The number of guanidine groups is 1. The zero-order chi connectivity index (χ0) is 15.6. The third-order valence-electron chi connectivity index (χ3n) is 3.79. The number of nitrogens with zero attached hydrogens (tertiary/aromatic N) is 1. The summed E-state index contributed by atoms with van der Waals surface area (Å²) in [6.07, 6.45) is 10.0. The lowest BCUT2D eigenvalue weighted by atomic mass is 10.0. The first kappa shape index (κ1) is 18.2. The van der Waals surface area contributed by atoms with E-state index in [2.05, 4.69) is 20.3 Å².